The molecule has 0 radical (unpaired) electrons. The van der Waals surface area contributed by atoms with Crippen molar-refractivity contribution in [1.29, 1.82) is 0 Å². The molecule has 1 fully saturated rings. The Kier molecular flexibility index (Phi) is 5.23. The molecule has 1 aromatic rings. The third kappa shape index (κ3) is 4.19. The summed E-state index contributed by atoms with van der Waals surface area (Å²) < 4.78 is 11.0. The van der Waals surface area contributed by atoms with Gasteiger partial charge in [-0.05, 0) is 44.4 Å². The van der Waals surface area contributed by atoms with Gasteiger partial charge in [0.25, 0.3) is 11.8 Å². The van der Waals surface area contributed by atoms with E-state index in [2.05, 4.69) is 13.8 Å². The standard InChI is InChI=1S/C20H23NO5/c1-14-13-20(2,26-14)10-3-11-25-19(24)12-15-4-6-16(7-5-15)21-17(22)8-9-18(21)23/h4-9,14H,3,10-13H2,1-2H3. The quantitative estimate of drug-likeness (QED) is 0.426. The van der Waals surface area contributed by atoms with E-state index in [1.807, 2.05) is 0 Å². The molecule has 1 saturated heterocycles. The highest BCUT2D eigenvalue weighted by Crippen LogP contribution is 2.35. The lowest BCUT2D eigenvalue weighted by atomic mass is 9.87. The number of anilines is 1. The summed E-state index contributed by atoms with van der Waals surface area (Å²) in [4.78, 5) is 36.3. The van der Waals surface area contributed by atoms with Gasteiger partial charge < -0.3 is 9.47 Å². The van der Waals surface area contributed by atoms with Crippen LogP contribution in [0.1, 0.15) is 38.7 Å². The molecular formula is C20H23NO5. The number of ether oxygens (including phenoxy) is 2. The fraction of sp³-hybridized carbons (Fsp3) is 0.450. The van der Waals surface area contributed by atoms with E-state index in [9.17, 15) is 14.4 Å². The monoisotopic (exact) mass is 357 g/mol. The molecule has 0 saturated carbocycles. The predicted molar refractivity (Wildman–Crippen MR) is 95.5 cm³/mol. The van der Waals surface area contributed by atoms with Gasteiger partial charge in [-0.2, -0.15) is 0 Å². The van der Waals surface area contributed by atoms with Gasteiger partial charge in [-0.3, -0.25) is 14.4 Å². The first-order valence-corrected chi connectivity index (χ1v) is 8.85. The predicted octanol–water partition coefficient (Wildman–Crippen LogP) is 2.55. The Labute approximate surface area is 152 Å². The van der Waals surface area contributed by atoms with E-state index >= 15 is 0 Å². The Morgan fingerprint density at radius 3 is 2.42 bits per heavy atom. The maximum atomic E-state index is 11.9. The van der Waals surface area contributed by atoms with E-state index in [1.165, 1.54) is 12.2 Å². The van der Waals surface area contributed by atoms with Crippen LogP contribution in [0.15, 0.2) is 36.4 Å². The van der Waals surface area contributed by atoms with E-state index in [0.29, 0.717) is 18.4 Å². The topological polar surface area (TPSA) is 72.9 Å². The van der Waals surface area contributed by atoms with Crippen LogP contribution in [0.25, 0.3) is 0 Å². The molecule has 2 unspecified atom stereocenters. The number of hydrogen-bond acceptors (Lipinski definition) is 5. The average Bonchev–Trinajstić information content (AvgIpc) is 2.90. The first kappa shape index (κ1) is 18.3. The molecule has 2 amide bonds. The molecule has 6 nitrogen and oxygen atoms in total. The van der Waals surface area contributed by atoms with Gasteiger partial charge in [0.05, 0.1) is 30.4 Å². The fourth-order valence-electron chi connectivity index (χ4n) is 3.51. The van der Waals surface area contributed by atoms with Gasteiger partial charge in [0.2, 0.25) is 0 Å². The molecule has 0 bridgehead atoms. The molecule has 1 aromatic carbocycles. The van der Waals surface area contributed by atoms with E-state index in [-0.39, 0.29) is 29.8 Å². The summed E-state index contributed by atoms with van der Waals surface area (Å²) in [6, 6.07) is 6.75. The van der Waals surface area contributed by atoms with E-state index in [0.717, 1.165) is 29.7 Å². The number of esters is 1. The second-order valence-electron chi connectivity index (χ2n) is 7.09. The minimum Gasteiger partial charge on any atom is -0.465 e. The van der Waals surface area contributed by atoms with Gasteiger partial charge in [-0.1, -0.05) is 12.1 Å². The molecular weight excluding hydrogens is 334 g/mol. The Morgan fingerprint density at radius 1 is 1.23 bits per heavy atom. The maximum absolute atomic E-state index is 11.9. The van der Waals surface area contributed by atoms with Crippen molar-refractivity contribution in [2.75, 3.05) is 11.5 Å². The molecule has 26 heavy (non-hydrogen) atoms. The molecule has 2 heterocycles. The summed E-state index contributed by atoms with van der Waals surface area (Å²) in [5.41, 5.74) is 1.19. The van der Waals surface area contributed by atoms with Crippen LogP contribution in [0.2, 0.25) is 0 Å². The minimum atomic E-state index is -0.360. The lowest BCUT2D eigenvalue weighted by molar-refractivity contribution is -0.192. The molecule has 138 valence electrons. The van der Waals surface area contributed by atoms with Crippen molar-refractivity contribution < 1.29 is 23.9 Å². The molecule has 0 aromatic heterocycles. The lowest BCUT2D eigenvalue weighted by Gasteiger charge is -2.44. The Balaban J connectivity index is 1.42. The number of carbonyl (C=O) groups excluding carboxylic acids is 3. The highest BCUT2D eigenvalue weighted by atomic mass is 16.5. The fourth-order valence-corrected chi connectivity index (χ4v) is 3.51. The Hall–Kier alpha value is -2.47. The Bertz CT molecular complexity index is 713. The summed E-state index contributed by atoms with van der Waals surface area (Å²) in [7, 11) is 0. The third-order valence-electron chi connectivity index (χ3n) is 4.67. The van der Waals surface area contributed by atoms with Crippen molar-refractivity contribution in [2.45, 2.75) is 51.2 Å². The summed E-state index contributed by atoms with van der Waals surface area (Å²) in [5, 5.41) is 0. The SMILES string of the molecule is CC1CC(C)(CCCOC(=O)Cc2ccc(N3C(=O)C=CC3=O)cc2)O1. The van der Waals surface area contributed by atoms with Gasteiger partial charge in [-0.25, -0.2) is 4.90 Å². The number of carbonyl (C=O) groups is 3. The molecule has 2 aliphatic heterocycles. The number of benzene rings is 1. The largest absolute Gasteiger partial charge is 0.465 e. The van der Waals surface area contributed by atoms with Crippen LogP contribution in [0.3, 0.4) is 0 Å². The van der Waals surface area contributed by atoms with E-state index in [4.69, 9.17) is 9.47 Å². The zero-order chi connectivity index (χ0) is 18.7. The molecule has 0 N–H and O–H groups in total. The zero-order valence-corrected chi connectivity index (χ0v) is 15.1. The van der Waals surface area contributed by atoms with Crippen LogP contribution < -0.4 is 4.90 Å². The molecule has 0 spiro atoms. The van der Waals surface area contributed by atoms with Gasteiger partial charge in [-0.15, -0.1) is 0 Å². The summed E-state index contributed by atoms with van der Waals surface area (Å²) in [6.07, 6.45) is 5.67. The van der Waals surface area contributed by atoms with Crippen molar-refractivity contribution in [3.8, 4) is 0 Å². The normalized spacial score (nSPS) is 24.7. The number of nitrogens with zero attached hydrogens (tertiary/aromatic N) is 1. The highest BCUT2D eigenvalue weighted by molar-refractivity contribution is 6.28. The van der Waals surface area contributed by atoms with E-state index in [1.54, 1.807) is 24.3 Å². The van der Waals surface area contributed by atoms with Gasteiger partial charge in [0.1, 0.15) is 0 Å². The first-order chi connectivity index (χ1) is 12.4. The first-order valence-electron chi connectivity index (χ1n) is 8.85. The van der Waals surface area contributed by atoms with Crippen LogP contribution in [0.5, 0.6) is 0 Å². The van der Waals surface area contributed by atoms with Crippen molar-refractivity contribution in [3.63, 3.8) is 0 Å². The molecule has 6 heteroatoms. The molecule has 2 aliphatic rings. The second-order valence-corrected chi connectivity index (χ2v) is 7.09. The average molecular weight is 357 g/mol. The van der Waals surface area contributed by atoms with Crippen LogP contribution in [-0.2, 0) is 30.3 Å². The Morgan fingerprint density at radius 2 is 1.85 bits per heavy atom. The van der Waals surface area contributed by atoms with Gasteiger partial charge in [0.15, 0.2) is 0 Å². The van der Waals surface area contributed by atoms with Crippen molar-refractivity contribution in [1.82, 2.24) is 0 Å². The van der Waals surface area contributed by atoms with E-state index < -0.39 is 0 Å². The lowest BCUT2D eigenvalue weighted by Crippen LogP contribution is -2.46. The number of imide groups is 1. The minimum absolute atomic E-state index is 0.0685. The van der Waals surface area contributed by atoms with Crippen LogP contribution >= 0.6 is 0 Å². The number of amides is 2. The molecule has 3 rings (SSSR count). The summed E-state index contributed by atoms with van der Waals surface area (Å²) in [5.74, 6) is -1.01. The highest BCUT2D eigenvalue weighted by Gasteiger charge is 2.38. The van der Waals surface area contributed by atoms with Gasteiger partial charge in [0, 0.05) is 18.6 Å². The number of rotatable bonds is 7. The molecule has 0 aliphatic carbocycles. The zero-order valence-electron chi connectivity index (χ0n) is 15.1. The van der Waals surface area contributed by atoms with Crippen LogP contribution in [-0.4, -0.2) is 36.1 Å². The maximum Gasteiger partial charge on any atom is 0.310 e. The summed E-state index contributed by atoms with van der Waals surface area (Å²) >= 11 is 0. The smallest absolute Gasteiger partial charge is 0.310 e. The second kappa shape index (κ2) is 7.41. The third-order valence-corrected chi connectivity index (χ3v) is 4.67. The number of hydrogen-bond donors (Lipinski definition) is 0. The molecule has 2 atom stereocenters. The van der Waals surface area contributed by atoms with Crippen molar-refractivity contribution in [3.05, 3.63) is 42.0 Å². The van der Waals surface area contributed by atoms with Gasteiger partial charge >= 0.3 is 5.97 Å². The van der Waals surface area contributed by atoms with Crippen LogP contribution in [0, 0.1) is 0 Å². The van der Waals surface area contributed by atoms with Crippen molar-refractivity contribution in [2.24, 2.45) is 0 Å². The van der Waals surface area contributed by atoms with Crippen LogP contribution in [0.4, 0.5) is 5.69 Å². The summed E-state index contributed by atoms with van der Waals surface area (Å²) in [6.45, 7) is 4.52. The van der Waals surface area contributed by atoms with Crippen molar-refractivity contribution >= 4 is 23.5 Å².